The number of aromatic nitrogens is 3. The average Bonchev–Trinajstić information content (AvgIpc) is 3.38. The molecule has 2 atom stereocenters. The number of esters is 1. The molecule has 0 radical (unpaired) electrons. The summed E-state index contributed by atoms with van der Waals surface area (Å²) in [5, 5.41) is 18.7. The lowest BCUT2D eigenvalue weighted by atomic mass is 10.0. The molecule has 0 spiro atoms. The summed E-state index contributed by atoms with van der Waals surface area (Å²) >= 11 is 0. The van der Waals surface area contributed by atoms with Gasteiger partial charge in [0.15, 0.2) is 11.9 Å². The lowest BCUT2D eigenvalue weighted by molar-refractivity contribution is -0.154. The zero-order valence-electron chi connectivity index (χ0n) is 19.0. The normalized spacial score (nSPS) is 12.8. The van der Waals surface area contributed by atoms with Gasteiger partial charge in [0, 0.05) is 36.1 Å². The number of nitrogens with one attached hydrogen (secondary N) is 1. The number of aliphatic hydroxyl groups excluding tert-OH is 1. The van der Waals surface area contributed by atoms with Crippen LogP contribution in [0.4, 0.5) is 0 Å². The maximum Gasteiger partial charge on any atom is 0.336 e. The van der Waals surface area contributed by atoms with Crippen LogP contribution in [0.2, 0.25) is 0 Å². The van der Waals surface area contributed by atoms with Crippen molar-refractivity contribution in [1.29, 1.82) is 0 Å². The molecule has 0 saturated heterocycles. The smallest absolute Gasteiger partial charge is 0.336 e. The Balaban J connectivity index is 1.54. The van der Waals surface area contributed by atoms with E-state index in [0.717, 1.165) is 22.4 Å². The maximum absolute atomic E-state index is 12.3. The minimum Gasteiger partial charge on any atom is -0.464 e. The van der Waals surface area contributed by atoms with Crippen LogP contribution in [0.15, 0.2) is 91.3 Å². The maximum atomic E-state index is 12.3. The minimum absolute atomic E-state index is 0.212. The summed E-state index contributed by atoms with van der Waals surface area (Å²) in [4.78, 5) is 16.8. The molecule has 7 heteroatoms. The summed E-state index contributed by atoms with van der Waals surface area (Å²) in [6.07, 6.45) is 2.77. The third-order valence-electron chi connectivity index (χ3n) is 5.51. The van der Waals surface area contributed by atoms with E-state index in [1.54, 1.807) is 17.8 Å². The van der Waals surface area contributed by atoms with E-state index >= 15 is 0 Å². The van der Waals surface area contributed by atoms with E-state index in [9.17, 15) is 9.90 Å². The quantitative estimate of drug-likeness (QED) is 0.355. The van der Waals surface area contributed by atoms with Crippen molar-refractivity contribution in [2.24, 2.45) is 0 Å². The van der Waals surface area contributed by atoms with Gasteiger partial charge in [-0.05, 0) is 31.0 Å². The van der Waals surface area contributed by atoms with Gasteiger partial charge in [-0.2, -0.15) is 5.10 Å². The Hall–Kier alpha value is -3.81. The molecule has 7 nitrogen and oxygen atoms in total. The monoisotopic (exact) mass is 456 g/mol. The molecule has 0 aliphatic carbocycles. The first-order valence-corrected chi connectivity index (χ1v) is 11.3. The van der Waals surface area contributed by atoms with Crippen molar-refractivity contribution in [3.8, 4) is 17.1 Å². The molecule has 2 aromatic carbocycles. The standard InChI is InChI=1S/C27H28N4O3/c1-2-34-27(33)25(32)24(18-20-10-5-3-6-11-20)29-19-22-14-9-16-28-26(22)31-17-15-23(30-31)21-12-7-4-8-13-21/h3-17,24-25,29,32H,2,18-19H2,1H3. The van der Waals surface area contributed by atoms with Crippen molar-refractivity contribution in [2.75, 3.05) is 6.61 Å². The lowest BCUT2D eigenvalue weighted by Crippen LogP contribution is -2.46. The number of aliphatic hydroxyl groups is 1. The fraction of sp³-hybridized carbons (Fsp3) is 0.222. The van der Waals surface area contributed by atoms with Gasteiger partial charge >= 0.3 is 5.97 Å². The number of ether oxygens (including phenoxy) is 1. The number of pyridine rings is 1. The first-order valence-electron chi connectivity index (χ1n) is 11.3. The molecular formula is C27H28N4O3. The molecule has 2 N–H and O–H groups in total. The van der Waals surface area contributed by atoms with Gasteiger partial charge in [-0.3, -0.25) is 0 Å². The molecular weight excluding hydrogens is 428 g/mol. The van der Waals surface area contributed by atoms with E-state index in [4.69, 9.17) is 9.84 Å². The van der Waals surface area contributed by atoms with Crippen LogP contribution < -0.4 is 5.32 Å². The Morgan fingerprint density at radius 1 is 1.03 bits per heavy atom. The summed E-state index contributed by atoms with van der Waals surface area (Å²) in [5.74, 6) is 0.0446. The third kappa shape index (κ3) is 5.75. The zero-order valence-corrected chi connectivity index (χ0v) is 19.0. The second-order valence-corrected chi connectivity index (χ2v) is 7.87. The van der Waals surface area contributed by atoms with Gasteiger partial charge in [0.25, 0.3) is 0 Å². The molecule has 174 valence electrons. The SMILES string of the molecule is CCOC(=O)C(O)C(Cc1ccccc1)NCc1cccnc1-n1ccc(-c2ccccc2)n1. The van der Waals surface area contributed by atoms with Crippen LogP contribution in [0, 0.1) is 0 Å². The van der Waals surface area contributed by atoms with Crippen molar-refractivity contribution >= 4 is 5.97 Å². The van der Waals surface area contributed by atoms with Crippen molar-refractivity contribution in [2.45, 2.75) is 32.0 Å². The lowest BCUT2D eigenvalue weighted by Gasteiger charge is -2.23. The molecule has 0 amide bonds. The molecule has 2 unspecified atom stereocenters. The van der Waals surface area contributed by atoms with Gasteiger partial charge < -0.3 is 15.2 Å². The first kappa shape index (κ1) is 23.4. The van der Waals surface area contributed by atoms with Crippen LogP contribution >= 0.6 is 0 Å². The van der Waals surface area contributed by atoms with E-state index in [-0.39, 0.29) is 6.61 Å². The number of carbonyl (C=O) groups is 1. The van der Waals surface area contributed by atoms with Crippen LogP contribution in [0.25, 0.3) is 17.1 Å². The predicted octanol–water partition coefficient (Wildman–Crippen LogP) is 3.56. The van der Waals surface area contributed by atoms with E-state index in [2.05, 4.69) is 10.3 Å². The molecule has 2 heterocycles. The number of nitrogens with zero attached hydrogens (tertiary/aromatic N) is 3. The van der Waals surface area contributed by atoms with Crippen LogP contribution in [-0.2, 0) is 22.5 Å². The highest BCUT2D eigenvalue weighted by Gasteiger charge is 2.27. The second-order valence-electron chi connectivity index (χ2n) is 7.87. The molecule has 0 fully saturated rings. The number of hydrogen-bond donors (Lipinski definition) is 2. The van der Waals surface area contributed by atoms with Crippen LogP contribution in [0.3, 0.4) is 0 Å². The van der Waals surface area contributed by atoms with E-state index < -0.39 is 18.1 Å². The molecule has 4 aromatic rings. The summed E-state index contributed by atoms with van der Waals surface area (Å²) in [7, 11) is 0. The average molecular weight is 457 g/mol. The molecule has 34 heavy (non-hydrogen) atoms. The van der Waals surface area contributed by atoms with Gasteiger partial charge in [0.05, 0.1) is 12.3 Å². The fourth-order valence-electron chi connectivity index (χ4n) is 3.78. The Kier molecular flexibility index (Phi) is 7.80. The minimum atomic E-state index is -1.30. The Morgan fingerprint density at radius 2 is 1.76 bits per heavy atom. The largest absolute Gasteiger partial charge is 0.464 e. The fourth-order valence-corrected chi connectivity index (χ4v) is 3.78. The van der Waals surface area contributed by atoms with Gasteiger partial charge in [0.2, 0.25) is 0 Å². The van der Waals surface area contributed by atoms with Gasteiger partial charge in [-0.1, -0.05) is 66.7 Å². The van der Waals surface area contributed by atoms with E-state index in [1.165, 1.54) is 0 Å². The van der Waals surface area contributed by atoms with Crippen molar-refractivity contribution in [1.82, 2.24) is 20.1 Å². The third-order valence-corrected chi connectivity index (χ3v) is 5.51. The van der Waals surface area contributed by atoms with Crippen molar-refractivity contribution < 1.29 is 14.6 Å². The van der Waals surface area contributed by atoms with Gasteiger partial charge in [0.1, 0.15) is 0 Å². The number of rotatable bonds is 10. The molecule has 0 bridgehead atoms. The number of benzene rings is 2. The second kappa shape index (κ2) is 11.4. The highest BCUT2D eigenvalue weighted by molar-refractivity contribution is 5.75. The molecule has 0 aliphatic heterocycles. The Labute approximate surface area is 199 Å². The van der Waals surface area contributed by atoms with Crippen LogP contribution in [0.1, 0.15) is 18.1 Å². The summed E-state index contributed by atoms with van der Waals surface area (Å²) in [6.45, 7) is 2.32. The number of carbonyl (C=O) groups excluding carboxylic acids is 1. The van der Waals surface area contributed by atoms with Crippen LogP contribution in [0.5, 0.6) is 0 Å². The predicted molar refractivity (Wildman–Crippen MR) is 130 cm³/mol. The van der Waals surface area contributed by atoms with Gasteiger partial charge in [-0.15, -0.1) is 0 Å². The summed E-state index contributed by atoms with van der Waals surface area (Å²) < 4.78 is 6.80. The Bertz CT molecular complexity index is 1190. The van der Waals surface area contributed by atoms with Crippen LogP contribution in [-0.4, -0.2) is 44.6 Å². The molecule has 0 saturated carbocycles. The number of hydrogen-bond acceptors (Lipinski definition) is 6. The summed E-state index contributed by atoms with van der Waals surface area (Å²) in [6, 6.07) is 24.9. The highest BCUT2D eigenvalue weighted by atomic mass is 16.5. The first-order chi connectivity index (χ1) is 16.7. The highest BCUT2D eigenvalue weighted by Crippen LogP contribution is 2.19. The molecule has 4 rings (SSSR count). The topological polar surface area (TPSA) is 89.3 Å². The molecule has 2 aromatic heterocycles. The molecule has 0 aliphatic rings. The zero-order chi connectivity index (χ0) is 23.8. The summed E-state index contributed by atoms with van der Waals surface area (Å²) in [5.41, 5.74) is 3.77. The van der Waals surface area contributed by atoms with E-state index in [1.807, 2.05) is 85.1 Å². The van der Waals surface area contributed by atoms with Crippen molar-refractivity contribution in [3.63, 3.8) is 0 Å². The van der Waals surface area contributed by atoms with E-state index in [0.29, 0.717) is 18.8 Å². The van der Waals surface area contributed by atoms with Crippen molar-refractivity contribution in [3.05, 3.63) is 102 Å². The Morgan fingerprint density at radius 3 is 2.50 bits per heavy atom. The van der Waals surface area contributed by atoms with Gasteiger partial charge in [-0.25, -0.2) is 14.5 Å².